The average Bonchev–Trinajstić information content (AvgIpc) is 2.68. The molecule has 1 aromatic rings. The Hall–Kier alpha value is -1.65. The fourth-order valence-electron chi connectivity index (χ4n) is 1.75. The third kappa shape index (κ3) is 2.48. The molecule has 0 aliphatic carbocycles. The van der Waals surface area contributed by atoms with E-state index in [0.29, 0.717) is 5.96 Å². The lowest BCUT2D eigenvalue weighted by atomic mass is 10.3. The van der Waals surface area contributed by atoms with Gasteiger partial charge in [0.05, 0.1) is 5.69 Å². The molecule has 2 rings (SSSR count). The zero-order valence-electron chi connectivity index (χ0n) is 8.79. The van der Waals surface area contributed by atoms with Crippen molar-refractivity contribution in [3.05, 3.63) is 29.8 Å². The summed E-state index contributed by atoms with van der Waals surface area (Å²) in [6.07, 6.45) is 2.15. The molecule has 1 aliphatic heterocycles. The Balaban J connectivity index is 2.20. The van der Waals surface area contributed by atoms with Gasteiger partial charge in [-0.1, -0.05) is 0 Å². The molecule has 0 unspecified atom stereocenters. The molecule has 0 atom stereocenters. The zero-order chi connectivity index (χ0) is 11.5. The van der Waals surface area contributed by atoms with E-state index in [1.165, 1.54) is 0 Å². The molecule has 0 spiro atoms. The second-order valence-electron chi connectivity index (χ2n) is 3.79. The lowest BCUT2D eigenvalue weighted by molar-refractivity contribution is 0.513. The van der Waals surface area contributed by atoms with Crippen LogP contribution in [-0.4, -0.2) is 23.9 Å². The molecule has 86 valence electrons. The highest BCUT2D eigenvalue weighted by atomic mass is 19.1. The normalized spacial score (nSPS) is 16.9. The summed E-state index contributed by atoms with van der Waals surface area (Å²) in [7, 11) is 0. The number of likely N-dealkylation sites (tertiary alicyclic amines) is 1. The van der Waals surface area contributed by atoms with Crippen LogP contribution in [0.25, 0.3) is 0 Å². The van der Waals surface area contributed by atoms with Crippen molar-refractivity contribution in [3.8, 4) is 0 Å². The van der Waals surface area contributed by atoms with E-state index in [0.717, 1.165) is 44.1 Å². The molecular formula is C11H13F2N3. The van der Waals surface area contributed by atoms with Gasteiger partial charge in [-0.3, -0.25) is 0 Å². The van der Waals surface area contributed by atoms with Gasteiger partial charge < -0.3 is 10.6 Å². The minimum atomic E-state index is -0.645. The molecule has 5 heteroatoms. The van der Waals surface area contributed by atoms with E-state index in [1.54, 1.807) is 0 Å². The highest BCUT2D eigenvalue weighted by Crippen LogP contribution is 2.17. The first-order valence-electron chi connectivity index (χ1n) is 5.20. The van der Waals surface area contributed by atoms with Gasteiger partial charge in [0, 0.05) is 19.2 Å². The second-order valence-corrected chi connectivity index (χ2v) is 3.79. The summed E-state index contributed by atoms with van der Waals surface area (Å²) >= 11 is 0. The van der Waals surface area contributed by atoms with Gasteiger partial charge >= 0.3 is 0 Å². The van der Waals surface area contributed by atoms with Crippen LogP contribution >= 0.6 is 0 Å². The second kappa shape index (κ2) is 4.47. The van der Waals surface area contributed by atoms with Crippen molar-refractivity contribution in [1.29, 1.82) is 0 Å². The van der Waals surface area contributed by atoms with E-state index in [-0.39, 0.29) is 5.69 Å². The standard InChI is InChI=1S/C11H13F2N3/c12-8-5-9(13)7-10(6-8)15-11(14)16-3-1-2-4-16/h5-7H,1-4H2,(H2,14,15). The number of halogens is 2. The predicted molar refractivity (Wildman–Crippen MR) is 58.4 cm³/mol. The summed E-state index contributed by atoms with van der Waals surface area (Å²) in [5, 5.41) is 0. The number of hydrogen-bond acceptors (Lipinski definition) is 1. The van der Waals surface area contributed by atoms with Gasteiger partial charge in [0.15, 0.2) is 5.96 Å². The van der Waals surface area contributed by atoms with Crippen molar-refractivity contribution in [2.75, 3.05) is 13.1 Å². The molecule has 16 heavy (non-hydrogen) atoms. The summed E-state index contributed by atoms with van der Waals surface area (Å²) in [4.78, 5) is 5.91. The van der Waals surface area contributed by atoms with E-state index in [2.05, 4.69) is 4.99 Å². The van der Waals surface area contributed by atoms with Gasteiger partial charge in [-0.15, -0.1) is 0 Å². The maximum absolute atomic E-state index is 12.9. The van der Waals surface area contributed by atoms with Crippen LogP contribution in [-0.2, 0) is 0 Å². The minimum Gasteiger partial charge on any atom is -0.369 e. The van der Waals surface area contributed by atoms with Gasteiger partial charge in [0.1, 0.15) is 11.6 Å². The zero-order valence-corrected chi connectivity index (χ0v) is 8.79. The van der Waals surface area contributed by atoms with Crippen LogP contribution in [0.5, 0.6) is 0 Å². The first-order chi connectivity index (χ1) is 7.65. The van der Waals surface area contributed by atoms with E-state index >= 15 is 0 Å². The lowest BCUT2D eigenvalue weighted by Crippen LogP contribution is -2.34. The number of hydrogen-bond donors (Lipinski definition) is 1. The Morgan fingerprint density at radius 1 is 1.12 bits per heavy atom. The lowest BCUT2D eigenvalue weighted by Gasteiger charge is -2.15. The van der Waals surface area contributed by atoms with Gasteiger partial charge in [-0.2, -0.15) is 0 Å². The van der Waals surface area contributed by atoms with Gasteiger partial charge in [-0.25, -0.2) is 13.8 Å². The molecule has 1 heterocycles. The molecule has 0 bridgehead atoms. The van der Waals surface area contributed by atoms with Gasteiger partial charge in [0.2, 0.25) is 0 Å². The van der Waals surface area contributed by atoms with Crippen LogP contribution in [0.2, 0.25) is 0 Å². The number of rotatable bonds is 1. The van der Waals surface area contributed by atoms with Crippen molar-refractivity contribution in [3.63, 3.8) is 0 Å². The van der Waals surface area contributed by atoms with E-state index in [9.17, 15) is 8.78 Å². The summed E-state index contributed by atoms with van der Waals surface area (Å²) in [5.41, 5.74) is 5.95. The summed E-state index contributed by atoms with van der Waals surface area (Å²) < 4.78 is 25.8. The summed E-state index contributed by atoms with van der Waals surface area (Å²) in [6, 6.07) is 3.13. The molecule has 0 saturated carbocycles. The summed E-state index contributed by atoms with van der Waals surface area (Å²) in [5.74, 6) is -0.969. The minimum absolute atomic E-state index is 0.210. The van der Waals surface area contributed by atoms with Crippen LogP contribution in [0.15, 0.2) is 23.2 Å². The highest BCUT2D eigenvalue weighted by Gasteiger charge is 2.13. The molecule has 1 aliphatic rings. The number of guanidine groups is 1. The number of benzene rings is 1. The fourth-order valence-corrected chi connectivity index (χ4v) is 1.75. The molecule has 1 saturated heterocycles. The van der Waals surface area contributed by atoms with Crippen molar-refractivity contribution >= 4 is 11.6 Å². The Labute approximate surface area is 92.6 Å². The van der Waals surface area contributed by atoms with E-state index < -0.39 is 11.6 Å². The maximum atomic E-state index is 12.9. The van der Waals surface area contributed by atoms with Gasteiger partial charge in [-0.05, 0) is 25.0 Å². The predicted octanol–water partition coefficient (Wildman–Crippen LogP) is 2.01. The maximum Gasteiger partial charge on any atom is 0.196 e. The Morgan fingerprint density at radius 2 is 1.69 bits per heavy atom. The number of aliphatic imine (C=N–C) groups is 1. The van der Waals surface area contributed by atoms with E-state index in [4.69, 9.17) is 5.73 Å². The van der Waals surface area contributed by atoms with Crippen LogP contribution < -0.4 is 5.73 Å². The molecule has 1 aromatic carbocycles. The van der Waals surface area contributed by atoms with Crippen molar-refractivity contribution < 1.29 is 8.78 Å². The Morgan fingerprint density at radius 3 is 2.25 bits per heavy atom. The fraction of sp³-hybridized carbons (Fsp3) is 0.364. The SMILES string of the molecule is NC(=Nc1cc(F)cc(F)c1)N1CCCC1. The first-order valence-corrected chi connectivity index (χ1v) is 5.20. The monoisotopic (exact) mass is 225 g/mol. The van der Waals surface area contributed by atoms with Gasteiger partial charge in [0.25, 0.3) is 0 Å². The Kier molecular flexibility index (Phi) is 3.03. The highest BCUT2D eigenvalue weighted by molar-refractivity contribution is 5.81. The third-order valence-corrected chi connectivity index (χ3v) is 2.52. The molecule has 1 fully saturated rings. The molecular weight excluding hydrogens is 212 g/mol. The third-order valence-electron chi connectivity index (χ3n) is 2.52. The van der Waals surface area contributed by atoms with Crippen LogP contribution in [0.1, 0.15) is 12.8 Å². The molecule has 0 aromatic heterocycles. The summed E-state index contributed by atoms with van der Waals surface area (Å²) in [6.45, 7) is 1.71. The smallest absolute Gasteiger partial charge is 0.196 e. The quantitative estimate of drug-likeness (QED) is 0.586. The van der Waals surface area contributed by atoms with Crippen LogP contribution in [0.4, 0.5) is 14.5 Å². The average molecular weight is 225 g/mol. The Bertz CT molecular complexity index is 391. The number of nitrogens with two attached hydrogens (primary N) is 1. The van der Waals surface area contributed by atoms with Crippen molar-refractivity contribution in [1.82, 2.24) is 4.90 Å². The molecule has 0 amide bonds. The largest absolute Gasteiger partial charge is 0.369 e. The topological polar surface area (TPSA) is 41.6 Å². The van der Waals surface area contributed by atoms with E-state index in [1.807, 2.05) is 4.90 Å². The first kappa shape index (κ1) is 10.9. The molecule has 3 nitrogen and oxygen atoms in total. The van der Waals surface area contributed by atoms with Crippen molar-refractivity contribution in [2.24, 2.45) is 10.7 Å². The van der Waals surface area contributed by atoms with Crippen molar-refractivity contribution in [2.45, 2.75) is 12.8 Å². The molecule has 0 radical (unpaired) electrons. The van der Waals surface area contributed by atoms with Crippen LogP contribution in [0, 0.1) is 11.6 Å². The molecule has 2 N–H and O–H groups in total. The number of nitrogens with zero attached hydrogens (tertiary/aromatic N) is 2. The van der Waals surface area contributed by atoms with Crippen LogP contribution in [0.3, 0.4) is 0 Å².